The molecule has 0 aliphatic carbocycles. The smallest absolute Gasteiger partial charge is 0.143 e. The predicted octanol–water partition coefficient (Wildman–Crippen LogP) is 33.6. The molecule has 9 heteroatoms. The van der Waals surface area contributed by atoms with E-state index < -0.39 is 0 Å². The van der Waals surface area contributed by atoms with Crippen molar-refractivity contribution >= 4 is 153 Å². The maximum absolute atomic E-state index is 9.25. The summed E-state index contributed by atoms with van der Waals surface area (Å²) in [5.74, 6) is 0. The van der Waals surface area contributed by atoms with E-state index >= 15 is 0 Å². The Morgan fingerprint density at radius 2 is 0.365 bits per heavy atom. The second-order valence-electron chi connectivity index (χ2n) is 35.2. The van der Waals surface area contributed by atoms with E-state index in [-0.39, 0.29) is 0 Å². The number of fused-ring (bicyclic) bond motifs is 21. The average Bonchev–Trinajstić information content (AvgIpc) is 1.58. The molecule has 21 aromatic carbocycles. The van der Waals surface area contributed by atoms with Gasteiger partial charge < -0.3 is 31.8 Å². The van der Waals surface area contributed by atoms with Crippen LogP contribution in [0, 0.1) is 22.7 Å². The van der Waals surface area contributed by atoms with E-state index in [1.807, 2.05) is 60.7 Å². The Labute approximate surface area is 788 Å². The number of hydrogen-bond acceptors (Lipinski definition) is 3. The van der Waals surface area contributed by atoms with Crippen molar-refractivity contribution in [2.24, 2.45) is 0 Å². The van der Waals surface area contributed by atoms with Gasteiger partial charge in [-0.2, -0.15) is 10.5 Å². The van der Waals surface area contributed by atoms with E-state index in [2.05, 4.69) is 464 Å². The number of nitrogens with zero attached hydrogens (tertiary/aromatic N) is 8. The number of para-hydroxylation sites is 11. The lowest BCUT2D eigenvalue weighted by Crippen LogP contribution is -1.94. The highest BCUT2D eigenvalue weighted by molar-refractivity contribution is 6.17. The Kier molecular flexibility index (Phi) is 18.9. The normalized spacial score (nSPS) is 11.6. The second-order valence-corrected chi connectivity index (χ2v) is 35.2. The monoisotopic (exact) mass is 1740 g/mol. The fraction of sp³-hybridized carbons (Fsp3) is 0. The number of aromatic nitrogens is 6. The third kappa shape index (κ3) is 13.3. The summed E-state index contributed by atoms with van der Waals surface area (Å²) in [5.41, 5.74) is 35.9. The molecule has 0 spiro atoms. The molecular formula is C128H80N8O. The number of benzene rings is 21. The third-order valence-corrected chi connectivity index (χ3v) is 27.7. The van der Waals surface area contributed by atoms with Gasteiger partial charge in [-0.25, -0.2) is 0 Å². The van der Waals surface area contributed by atoms with E-state index in [0.29, 0.717) is 11.1 Å². The van der Waals surface area contributed by atoms with Crippen LogP contribution >= 0.6 is 0 Å². The van der Waals surface area contributed by atoms with E-state index in [1.165, 1.54) is 153 Å². The fourth-order valence-electron chi connectivity index (χ4n) is 21.3. The first-order chi connectivity index (χ1) is 67.9. The van der Waals surface area contributed by atoms with E-state index in [1.54, 1.807) is 0 Å². The molecule has 7 heterocycles. The molecule has 7 aromatic heterocycles. The Morgan fingerprint density at radius 1 is 0.153 bits per heavy atom. The summed E-state index contributed by atoms with van der Waals surface area (Å²) in [4.78, 5) is 0. The summed E-state index contributed by atoms with van der Waals surface area (Å²) in [5, 5.41) is 35.6. The lowest BCUT2D eigenvalue weighted by molar-refractivity contribution is 0.670. The van der Waals surface area contributed by atoms with Gasteiger partial charge >= 0.3 is 0 Å². The van der Waals surface area contributed by atoms with E-state index in [4.69, 9.17) is 9.68 Å². The summed E-state index contributed by atoms with van der Waals surface area (Å²) in [6.45, 7) is 0. The highest BCUT2D eigenvalue weighted by Gasteiger charge is 2.23. The molecule has 0 radical (unpaired) electrons. The average molecular weight is 1750 g/mol. The lowest BCUT2D eigenvalue weighted by atomic mass is 9.99. The highest BCUT2D eigenvalue weighted by atomic mass is 16.3. The van der Waals surface area contributed by atoms with Crippen LogP contribution in [0.15, 0.2) is 490 Å². The van der Waals surface area contributed by atoms with Crippen molar-refractivity contribution in [2.75, 3.05) is 0 Å². The maximum Gasteiger partial charge on any atom is 0.143 e. The van der Waals surface area contributed by atoms with Gasteiger partial charge in [0.05, 0.1) is 89.5 Å². The van der Waals surface area contributed by atoms with Gasteiger partial charge in [-0.15, -0.1) is 0 Å². The minimum absolute atomic E-state index is 0.663. The fourth-order valence-corrected chi connectivity index (χ4v) is 21.3. The summed E-state index contributed by atoms with van der Waals surface area (Å²) in [6, 6.07) is 177. The zero-order valence-electron chi connectivity index (χ0n) is 74.2. The molecule has 0 saturated carbocycles. The summed E-state index contributed by atoms with van der Waals surface area (Å²) >= 11 is 0. The largest absolute Gasteiger partial charge is 0.455 e. The number of rotatable bonds is 11. The zero-order valence-corrected chi connectivity index (χ0v) is 74.2. The second kappa shape index (κ2) is 32.6. The van der Waals surface area contributed by atoms with Crippen molar-refractivity contribution in [2.45, 2.75) is 0 Å². The first-order valence-corrected chi connectivity index (χ1v) is 46.4. The number of nitriles is 2. The molecule has 0 aliphatic heterocycles. The molecule has 0 amide bonds. The van der Waals surface area contributed by atoms with Crippen LogP contribution in [0.4, 0.5) is 0 Å². The Bertz CT molecular complexity index is 9610. The quantitative estimate of drug-likeness (QED) is 0.129. The molecule has 0 N–H and O–H groups in total. The van der Waals surface area contributed by atoms with Crippen LogP contribution in [0.1, 0.15) is 11.1 Å². The van der Waals surface area contributed by atoms with Crippen LogP contribution in [0.3, 0.4) is 0 Å². The molecule has 0 bridgehead atoms. The van der Waals surface area contributed by atoms with Crippen molar-refractivity contribution in [1.29, 1.82) is 10.5 Å². The van der Waals surface area contributed by atoms with Crippen molar-refractivity contribution in [1.82, 2.24) is 27.4 Å². The Hall–Kier alpha value is -18.8. The van der Waals surface area contributed by atoms with Gasteiger partial charge in [-0.05, 0) is 250 Å². The van der Waals surface area contributed by atoms with Crippen LogP contribution in [0.5, 0.6) is 0 Å². The molecular weight excluding hydrogens is 1670 g/mol. The first kappa shape index (κ1) is 79.2. The van der Waals surface area contributed by atoms with Crippen LogP contribution in [-0.4, -0.2) is 27.4 Å². The molecule has 638 valence electrons. The zero-order chi connectivity index (χ0) is 90.7. The summed E-state index contributed by atoms with van der Waals surface area (Å²) in [6.07, 6.45) is 0. The van der Waals surface area contributed by atoms with Crippen molar-refractivity contribution in [3.63, 3.8) is 0 Å². The number of hydrogen-bond donors (Lipinski definition) is 0. The summed E-state index contributed by atoms with van der Waals surface area (Å²) < 4.78 is 20.6. The molecule has 0 aliphatic rings. The maximum atomic E-state index is 9.25. The molecule has 0 saturated heterocycles. The van der Waals surface area contributed by atoms with Gasteiger partial charge in [0.1, 0.15) is 11.2 Å². The van der Waals surface area contributed by atoms with Crippen molar-refractivity contribution < 1.29 is 4.42 Å². The van der Waals surface area contributed by atoms with Gasteiger partial charge in [-0.1, -0.05) is 285 Å². The van der Waals surface area contributed by atoms with Crippen LogP contribution in [0.25, 0.3) is 243 Å². The standard InChI is InChI=1S/C48H30N2O.C43H27N3.C37H23N3/c1-2-11-34(12-3-1)49-45-27-23-32(31-21-25-35(26-22-31)50-43-18-7-4-13-37(43)38-14-5-8-19-44(38)50)29-41(45)42-30-33(24-28-46(42)49)36-16-10-17-40-39-15-6-9-20-47(39)51-48(36)40;44-28-29-13-15-30(16-14-29)31-17-22-35(23-18-31)46-42-12-6-3-9-38(42)39-27-33(21-26-43(39)46)32-19-24-34(25-20-32)45-40-10-4-1-7-36(40)37-8-2-5-11-41(37)45;38-24-25-13-18-28(19-14-25)40-36-12-6-3-9-32(36)33-23-27(17-22-37(33)40)26-15-20-29(21-16-26)39-34-10-4-1-7-30(34)31-8-2-5-11-35(31)39/h1-30H;1-27H;1-23H. The molecule has 28 aromatic rings. The SMILES string of the molecule is N#Cc1ccc(-c2ccc(-n3c4ccccc4c4cc(-c5ccc(-n6c7ccccc7c7ccccc76)cc5)ccc43)cc2)cc1.N#Cc1ccc(-n2c3ccccc3c3cc(-c4ccc(-n5c6ccccc6c6ccccc65)cc4)ccc32)cc1.c1ccc(-n2c3ccc(-c4ccc(-n5c6ccccc6c6ccccc65)cc4)cc3c3cc(-c4cccc5c4oc4ccccc45)ccc32)cc1. The Balaban J connectivity index is 0.000000107. The highest BCUT2D eigenvalue weighted by Crippen LogP contribution is 2.45. The third-order valence-electron chi connectivity index (χ3n) is 27.7. The minimum atomic E-state index is 0.663. The Morgan fingerprint density at radius 3 is 0.686 bits per heavy atom. The first-order valence-electron chi connectivity index (χ1n) is 46.4. The molecule has 0 atom stereocenters. The van der Waals surface area contributed by atoms with E-state index in [9.17, 15) is 5.26 Å². The predicted molar refractivity (Wildman–Crippen MR) is 569 cm³/mol. The topological polar surface area (TPSA) is 90.3 Å². The van der Waals surface area contributed by atoms with Gasteiger partial charge in [0.15, 0.2) is 0 Å². The molecule has 0 unspecified atom stereocenters. The molecule has 137 heavy (non-hydrogen) atoms. The van der Waals surface area contributed by atoms with Crippen LogP contribution < -0.4 is 0 Å². The molecule has 0 fully saturated rings. The van der Waals surface area contributed by atoms with Crippen molar-refractivity contribution in [3.8, 4) is 102 Å². The molecule has 28 rings (SSSR count). The van der Waals surface area contributed by atoms with Crippen LogP contribution in [0.2, 0.25) is 0 Å². The molecule has 9 nitrogen and oxygen atoms in total. The minimum Gasteiger partial charge on any atom is -0.455 e. The van der Waals surface area contributed by atoms with Crippen molar-refractivity contribution in [3.05, 3.63) is 496 Å². The number of furan rings is 1. The van der Waals surface area contributed by atoms with Gasteiger partial charge in [-0.3, -0.25) is 0 Å². The van der Waals surface area contributed by atoms with E-state index in [0.717, 1.165) is 89.4 Å². The summed E-state index contributed by atoms with van der Waals surface area (Å²) in [7, 11) is 0. The van der Waals surface area contributed by atoms with Gasteiger partial charge in [0.2, 0.25) is 0 Å². The van der Waals surface area contributed by atoms with Gasteiger partial charge in [0.25, 0.3) is 0 Å². The van der Waals surface area contributed by atoms with Crippen LogP contribution in [-0.2, 0) is 0 Å². The lowest BCUT2D eigenvalue weighted by Gasteiger charge is -2.11. The van der Waals surface area contributed by atoms with Gasteiger partial charge in [0, 0.05) is 115 Å².